The average molecular weight is 422 g/mol. The zero-order chi connectivity index (χ0) is 22.2. The van der Waals surface area contributed by atoms with Crippen LogP contribution >= 0.6 is 0 Å². The molecule has 162 valence electrons. The first-order valence-electron chi connectivity index (χ1n) is 10.5. The molecule has 0 saturated heterocycles. The number of unbranched alkanes of at least 4 members (excludes halogenated alkanes) is 1. The van der Waals surface area contributed by atoms with E-state index in [1.54, 1.807) is 6.92 Å². The fourth-order valence-corrected chi connectivity index (χ4v) is 3.59. The topological polar surface area (TPSA) is 112 Å². The number of amides is 1. The highest BCUT2D eigenvalue weighted by Gasteiger charge is 2.28. The van der Waals surface area contributed by atoms with Gasteiger partial charge in [-0.3, -0.25) is 4.79 Å². The Balaban J connectivity index is 1.99. The summed E-state index contributed by atoms with van der Waals surface area (Å²) in [6.45, 7) is 3.99. The molecule has 31 heavy (non-hydrogen) atoms. The number of aliphatic carboxylic acids is 1. The molecule has 8 nitrogen and oxygen atoms in total. The molecule has 0 saturated carbocycles. The van der Waals surface area contributed by atoms with Gasteiger partial charge in [0.15, 0.2) is 0 Å². The van der Waals surface area contributed by atoms with Crippen molar-refractivity contribution in [3.05, 3.63) is 54.1 Å². The Bertz CT molecular complexity index is 1010. The molecule has 3 aromatic rings. The number of H-pyrrole nitrogens is 1. The van der Waals surface area contributed by atoms with E-state index < -0.39 is 12.0 Å². The summed E-state index contributed by atoms with van der Waals surface area (Å²) in [4.78, 5) is 26.1. The van der Waals surface area contributed by atoms with Crippen molar-refractivity contribution in [2.24, 2.45) is 0 Å². The van der Waals surface area contributed by atoms with Crippen molar-refractivity contribution in [3.8, 4) is 22.5 Å². The lowest BCUT2D eigenvalue weighted by atomic mass is 9.96. The molecule has 0 unspecified atom stereocenters. The van der Waals surface area contributed by atoms with Crippen LogP contribution in [0.5, 0.6) is 0 Å². The molecule has 3 rings (SSSR count). The molecular weight excluding hydrogens is 394 g/mol. The highest BCUT2D eigenvalue weighted by Crippen LogP contribution is 2.31. The summed E-state index contributed by atoms with van der Waals surface area (Å²) in [5.41, 5.74) is 3.51. The van der Waals surface area contributed by atoms with Crippen molar-refractivity contribution in [2.75, 3.05) is 0 Å². The molecule has 2 N–H and O–H groups in total. The number of hydrogen-bond acceptors (Lipinski definition) is 5. The van der Waals surface area contributed by atoms with E-state index in [4.69, 9.17) is 0 Å². The summed E-state index contributed by atoms with van der Waals surface area (Å²) < 4.78 is 0. The molecule has 0 aliphatic heterocycles. The number of nitrogens with one attached hydrogen (secondary N) is 1. The number of carbonyl (C=O) groups excluding carboxylic acids is 1. The van der Waals surface area contributed by atoms with Crippen LogP contribution in [0.2, 0.25) is 0 Å². The van der Waals surface area contributed by atoms with Crippen LogP contribution in [0.1, 0.15) is 45.1 Å². The summed E-state index contributed by atoms with van der Waals surface area (Å²) >= 11 is 0. The first kappa shape index (κ1) is 22.1. The molecule has 2 aromatic carbocycles. The zero-order valence-electron chi connectivity index (χ0n) is 17.8. The van der Waals surface area contributed by atoms with Crippen LogP contribution in [0.4, 0.5) is 0 Å². The molecular formula is C23H27N5O3. The minimum atomic E-state index is -0.994. The van der Waals surface area contributed by atoms with E-state index in [2.05, 4.69) is 20.6 Å². The van der Waals surface area contributed by atoms with Gasteiger partial charge in [0.2, 0.25) is 11.7 Å². The van der Waals surface area contributed by atoms with Gasteiger partial charge in [0, 0.05) is 18.5 Å². The SMILES string of the molecule is CCCCC(=O)N(Cc1ccc(-c2ccccc2)c(-c2nn[nH]n2)c1)[C@@H](CC)C(=O)O. The number of aromatic amines is 1. The Morgan fingerprint density at radius 2 is 1.87 bits per heavy atom. The van der Waals surface area contributed by atoms with Gasteiger partial charge in [-0.2, -0.15) is 5.21 Å². The number of rotatable bonds is 10. The Labute approximate surface area is 181 Å². The van der Waals surface area contributed by atoms with Gasteiger partial charge in [0.25, 0.3) is 0 Å². The van der Waals surface area contributed by atoms with Crippen molar-refractivity contribution in [3.63, 3.8) is 0 Å². The van der Waals surface area contributed by atoms with Gasteiger partial charge in [-0.1, -0.05) is 62.7 Å². The second-order valence-corrected chi connectivity index (χ2v) is 7.37. The molecule has 0 bridgehead atoms. The van der Waals surface area contributed by atoms with Crippen molar-refractivity contribution in [1.29, 1.82) is 0 Å². The van der Waals surface area contributed by atoms with E-state index in [-0.39, 0.29) is 12.5 Å². The van der Waals surface area contributed by atoms with E-state index >= 15 is 0 Å². The minimum Gasteiger partial charge on any atom is -0.480 e. The third kappa shape index (κ3) is 5.33. The number of aromatic nitrogens is 4. The summed E-state index contributed by atoms with van der Waals surface area (Å²) in [5, 5.41) is 24.1. The maximum atomic E-state index is 12.8. The van der Waals surface area contributed by atoms with E-state index in [0.29, 0.717) is 18.7 Å². The minimum absolute atomic E-state index is 0.149. The van der Waals surface area contributed by atoms with Gasteiger partial charge in [-0.05, 0) is 40.8 Å². The third-order valence-electron chi connectivity index (χ3n) is 5.22. The summed E-state index contributed by atoms with van der Waals surface area (Å²) in [7, 11) is 0. The molecule has 1 amide bonds. The molecule has 0 radical (unpaired) electrons. The Morgan fingerprint density at radius 3 is 2.48 bits per heavy atom. The molecule has 0 aliphatic carbocycles. The van der Waals surface area contributed by atoms with Crippen LogP contribution in [0.3, 0.4) is 0 Å². The average Bonchev–Trinajstić information content (AvgIpc) is 3.32. The van der Waals surface area contributed by atoms with Gasteiger partial charge in [0.1, 0.15) is 6.04 Å². The normalized spacial score (nSPS) is 11.8. The van der Waals surface area contributed by atoms with E-state index in [1.165, 1.54) is 4.90 Å². The van der Waals surface area contributed by atoms with Gasteiger partial charge in [0.05, 0.1) is 0 Å². The number of nitrogens with zero attached hydrogens (tertiary/aromatic N) is 4. The lowest BCUT2D eigenvalue weighted by molar-refractivity contribution is -0.151. The first-order chi connectivity index (χ1) is 15.0. The lowest BCUT2D eigenvalue weighted by Gasteiger charge is -2.29. The Kier molecular flexibility index (Phi) is 7.48. The number of carboxylic acid groups (broad SMARTS) is 1. The summed E-state index contributed by atoms with van der Waals surface area (Å²) in [6, 6.07) is 14.8. The van der Waals surface area contributed by atoms with Crippen LogP contribution in [-0.2, 0) is 16.1 Å². The predicted octanol–water partition coefficient (Wildman–Crippen LogP) is 3.92. The number of tetrazole rings is 1. The maximum absolute atomic E-state index is 12.8. The second kappa shape index (κ2) is 10.5. The van der Waals surface area contributed by atoms with Crippen LogP contribution in [0, 0.1) is 0 Å². The molecule has 0 spiro atoms. The molecule has 1 aromatic heterocycles. The van der Waals surface area contributed by atoms with Crippen molar-refractivity contribution < 1.29 is 14.7 Å². The standard InChI is InChI=1S/C23H27N5O3/c1-3-5-11-21(29)28(20(4-2)23(30)31)15-16-12-13-18(17-9-7-6-8-10-17)19(14-16)22-24-26-27-25-22/h6-10,12-14,20H,3-5,11,15H2,1-2H3,(H,30,31)(H,24,25,26,27)/t20-/m0/s1. The maximum Gasteiger partial charge on any atom is 0.326 e. The fraction of sp³-hybridized carbons (Fsp3) is 0.348. The second-order valence-electron chi connectivity index (χ2n) is 7.37. The monoisotopic (exact) mass is 421 g/mol. The van der Waals surface area contributed by atoms with Crippen LogP contribution < -0.4 is 0 Å². The van der Waals surface area contributed by atoms with Crippen molar-refractivity contribution >= 4 is 11.9 Å². The van der Waals surface area contributed by atoms with E-state index in [1.807, 2.05) is 55.5 Å². The highest BCUT2D eigenvalue weighted by molar-refractivity contribution is 5.84. The van der Waals surface area contributed by atoms with Crippen molar-refractivity contribution in [1.82, 2.24) is 25.5 Å². The van der Waals surface area contributed by atoms with Gasteiger partial charge < -0.3 is 10.0 Å². The molecule has 0 aliphatic rings. The zero-order valence-corrected chi connectivity index (χ0v) is 17.8. The quantitative estimate of drug-likeness (QED) is 0.513. The lowest BCUT2D eigenvalue weighted by Crippen LogP contribution is -2.44. The predicted molar refractivity (Wildman–Crippen MR) is 117 cm³/mol. The third-order valence-corrected chi connectivity index (χ3v) is 5.22. The molecule has 1 heterocycles. The van der Waals surface area contributed by atoms with Gasteiger partial charge >= 0.3 is 5.97 Å². The van der Waals surface area contributed by atoms with Gasteiger partial charge in [-0.15, -0.1) is 10.2 Å². The summed E-state index contributed by atoms with van der Waals surface area (Å²) in [6.07, 6.45) is 2.27. The van der Waals surface area contributed by atoms with Crippen molar-refractivity contribution in [2.45, 2.75) is 52.1 Å². The fourth-order valence-electron chi connectivity index (χ4n) is 3.59. The molecule has 8 heteroatoms. The largest absolute Gasteiger partial charge is 0.480 e. The van der Waals surface area contributed by atoms with E-state index in [9.17, 15) is 14.7 Å². The Hall–Kier alpha value is -3.55. The highest BCUT2D eigenvalue weighted by atomic mass is 16.4. The summed E-state index contributed by atoms with van der Waals surface area (Å²) in [5.74, 6) is -0.703. The van der Waals surface area contributed by atoms with Crippen LogP contribution in [0.25, 0.3) is 22.5 Å². The van der Waals surface area contributed by atoms with Crippen LogP contribution in [0.15, 0.2) is 48.5 Å². The Morgan fingerprint density at radius 1 is 1.10 bits per heavy atom. The molecule has 0 fully saturated rings. The number of benzene rings is 2. The first-order valence-corrected chi connectivity index (χ1v) is 10.5. The smallest absolute Gasteiger partial charge is 0.326 e. The number of carboxylic acids is 1. The molecule has 1 atom stereocenters. The van der Waals surface area contributed by atoms with E-state index in [0.717, 1.165) is 35.1 Å². The van der Waals surface area contributed by atoms with Gasteiger partial charge in [-0.25, -0.2) is 4.79 Å². The number of hydrogen-bond donors (Lipinski definition) is 2. The number of carbonyl (C=O) groups is 2. The van der Waals surface area contributed by atoms with Crippen LogP contribution in [-0.4, -0.2) is 48.5 Å².